The number of Topliss-reactive ketones (excluding diaryl/α,β-unsaturated/α-hetero) is 2. The van der Waals surface area contributed by atoms with Crippen molar-refractivity contribution in [3.63, 3.8) is 0 Å². The van der Waals surface area contributed by atoms with Crippen molar-refractivity contribution in [2.24, 2.45) is 5.41 Å². The van der Waals surface area contributed by atoms with E-state index in [9.17, 15) is 9.59 Å². The molecule has 128 valence electrons. The Bertz CT molecular complexity index is 538. The van der Waals surface area contributed by atoms with E-state index >= 15 is 0 Å². The Hall–Kier alpha value is -1.64. The molecule has 0 aliphatic carbocycles. The number of rotatable bonds is 9. The SMILES string of the molecule is CCCCCCCC(=O)c1ccc(OC)c(C(=O)C(C)(C)C)c1. The summed E-state index contributed by atoms with van der Waals surface area (Å²) in [6.45, 7) is 7.79. The van der Waals surface area contributed by atoms with Gasteiger partial charge in [-0.2, -0.15) is 0 Å². The van der Waals surface area contributed by atoms with E-state index in [1.54, 1.807) is 25.3 Å². The molecule has 3 nitrogen and oxygen atoms in total. The minimum atomic E-state index is -0.505. The number of ether oxygens (including phenoxy) is 1. The summed E-state index contributed by atoms with van der Waals surface area (Å²) in [5, 5.41) is 0. The fourth-order valence-electron chi connectivity index (χ4n) is 2.50. The van der Waals surface area contributed by atoms with Gasteiger partial charge in [-0.05, 0) is 24.6 Å². The highest BCUT2D eigenvalue weighted by Crippen LogP contribution is 2.28. The third-order valence-electron chi connectivity index (χ3n) is 3.95. The van der Waals surface area contributed by atoms with Gasteiger partial charge in [-0.25, -0.2) is 0 Å². The lowest BCUT2D eigenvalue weighted by Crippen LogP contribution is -2.21. The Labute approximate surface area is 140 Å². The van der Waals surface area contributed by atoms with E-state index in [1.807, 2.05) is 20.8 Å². The Kier molecular flexibility index (Phi) is 7.47. The van der Waals surface area contributed by atoms with Crippen molar-refractivity contribution in [1.29, 1.82) is 0 Å². The van der Waals surface area contributed by atoms with E-state index in [0.717, 1.165) is 12.8 Å². The highest BCUT2D eigenvalue weighted by Gasteiger charge is 2.26. The van der Waals surface area contributed by atoms with Crippen LogP contribution in [-0.4, -0.2) is 18.7 Å². The molecule has 0 aliphatic rings. The number of hydrogen-bond acceptors (Lipinski definition) is 3. The number of hydrogen-bond donors (Lipinski definition) is 0. The van der Waals surface area contributed by atoms with Gasteiger partial charge >= 0.3 is 0 Å². The average molecular weight is 318 g/mol. The lowest BCUT2D eigenvalue weighted by atomic mass is 9.85. The van der Waals surface area contributed by atoms with Crippen molar-refractivity contribution < 1.29 is 14.3 Å². The number of benzene rings is 1. The third-order valence-corrected chi connectivity index (χ3v) is 3.95. The normalized spacial score (nSPS) is 11.3. The molecular formula is C20H30O3. The first-order chi connectivity index (χ1) is 10.8. The molecule has 0 saturated carbocycles. The summed E-state index contributed by atoms with van der Waals surface area (Å²) in [5.74, 6) is 0.628. The molecule has 1 aromatic carbocycles. The topological polar surface area (TPSA) is 43.4 Å². The van der Waals surface area contributed by atoms with Gasteiger partial charge in [0, 0.05) is 17.4 Å². The lowest BCUT2D eigenvalue weighted by Gasteiger charge is -2.19. The second kappa shape index (κ2) is 8.85. The summed E-state index contributed by atoms with van der Waals surface area (Å²) >= 11 is 0. The smallest absolute Gasteiger partial charge is 0.171 e. The van der Waals surface area contributed by atoms with Gasteiger partial charge in [-0.3, -0.25) is 9.59 Å². The van der Waals surface area contributed by atoms with E-state index in [4.69, 9.17) is 4.74 Å². The van der Waals surface area contributed by atoms with Gasteiger partial charge in [-0.15, -0.1) is 0 Å². The molecule has 0 N–H and O–H groups in total. The number of carbonyl (C=O) groups is 2. The first-order valence-corrected chi connectivity index (χ1v) is 8.57. The maximum atomic E-state index is 12.6. The largest absolute Gasteiger partial charge is 0.496 e. The number of ketones is 2. The fourth-order valence-corrected chi connectivity index (χ4v) is 2.50. The summed E-state index contributed by atoms with van der Waals surface area (Å²) in [6.07, 6.45) is 6.14. The summed E-state index contributed by atoms with van der Waals surface area (Å²) < 4.78 is 5.29. The second-order valence-electron chi connectivity index (χ2n) is 7.08. The van der Waals surface area contributed by atoms with Gasteiger partial charge < -0.3 is 4.74 Å². The number of methoxy groups -OCH3 is 1. The van der Waals surface area contributed by atoms with Crippen molar-refractivity contribution in [2.45, 2.75) is 66.2 Å². The minimum absolute atomic E-state index is 0.00746. The van der Waals surface area contributed by atoms with Crippen LogP contribution in [0.4, 0.5) is 0 Å². The van der Waals surface area contributed by atoms with Crippen LogP contribution in [0.1, 0.15) is 86.9 Å². The fraction of sp³-hybridized carbons (Fsp3) is 0.600. The molecule has 0 saturated heterocycles. The summed E-state index contributed by atoms with van der Waals surface area (Å²) in [6, 6.07) is 5.18. The van der Waals surface area contributed by atoms with Crippen LogP contribution in [0.15, 0.2) is 18.2 Å². The molecule has 0 radical (unpaired) electrons. The lowest BCUT2D eigenvalue weighted by molar-refractivity contribution is 0.0855. The van der Waals surface area contributed by atoms with Gasteiger partial charge in [0.25, 0.3) is 0 Å². The van der Waals surface area contributed by atoms with Crippen LogP contribution in [0.25, 0.3) is 0 Å². The summed E-state index contributed by atoms with van der Waals surface area (Å²) in [7, 11) is 1.55. The molecule has 0 fully saturated rings. The first kappa shape index (κ1) is 19.4. The van der Waals surface area contributed by atoms with E-state index in [-0.39, 0.29) is 11.6 Å². The molecule has 0 heterocycles. The maximum Gasteiger partial charge on any atom is 0.171 e. The molecule has 0 atom stereocenters. The molecule has 0 aliphatic heterocycles. The second-order valence-corrected chi connectivity index (χ2v) is 7.08. The molecule has 0 aromatic heterocycles. The maximum absolute atomic E-state index is 12.6. The molecule has 1 aromatic rings. The Balaban J connectivity index is 2.85. The van der Waals surface area contributed by atoms with Crippen LogP contribution in [0.3, 0.4) is 0 Å². The van der Waals surface area contributed by atoms with E-state index < -0.39 is 5.41 Å². The summed E-state index contributed by atoms with van der Waals surface area (Å²) in [4.78, 5) is 24.9. The quantitative estimate of drug-likeness (QED) is 0.448. The highest BCUT2D eigenvalue weighted by atomic mass is 16.5. The molecule has 0 unspecified atom stereocenters. The van der Waals surface area contributed by atoms with Crippen molar-refractivity contribution in [3.05, 3.63) is 29.3 Å². The van der Waals surface area contributed by atoms with Crippen molar-refractivity contribution in [3.8, 4) is 5.75 Å². The number of unbranched alkanes of at least 4 members (excludes halogenated alkanes) is 4. The predicted octanol–water partition coefficient (Wildman–Crippen LogP) is 5.47. The highest BCUT2D eigenvalue weighted by molar-refractivity contribution is 6.05. The minimum Gasteiger partial charge on any atom is -0.496 e. The average Bonchev–Trinajstić information content (AvgIpc) is 2.52. The van der Waals surface area contributed by atoms with Crippen LogP contribution in [0.2, 0.25) is 0 Å². The Morgan fingerprint density at radius 2 is 1.70 bits per heavy atom. The van der Waals surface area contributed by atoms with Gasteiger partial charge in [0.05, 0.1) is 12.7 Å². The third kappa shape index (κ3) is 5.81. The standard InChI is InChI=1S/C20H30O3/c1-6-7-8-9-10-11-17(21)15-12-13-18(23-5)16(14-15)19(22)20(2,3)4/h12-14H,6-11H2,1-5H3. The van der Waals surface area contributed by atoms with Crippen LogP contribution < -0.4 is 4.74 Å². The Morgan fingerprint density at radius 3 is 2.26 bits per heavy atom. The zero-order valence-corrected chi connectivity index (χ0v) is 15.2. The molecule has 0 spiro atoms. The van der Waals surface area contributed by atoms with Gasteiger partial charge in [0.2, 0.25) is 0 Å². The molecular weight excluding hydrogens is 288 g/mol. The van der Waals surface area contributed by atoms with Crippen molar-refractivity contribution in [1.82, 2.24) is 0 Å². The number of carbonyl (C=O) groups excluding carboxylic acids is 2. The van der Waals surface area contributed by atoms with E-state index in [2.05, 4.69) is 6.92 Å². The van der Waals surface area contributed by atoms with Crippen LogP contribution in [-0.2, 0) is 0 Å². The van der Waals surface area contributed by atoms with Crippen LogP contribution in [0, 0.1) is 5.41 Å². The van der Waals surface area contributed by atoms with Crippen molar-refractivity contribution in [2.75, 3.05) is 7.11 Å². The zero-order chi connectivity index (χ0) is 17.5. The van der Waals surface area contributed by atoms with E-state index in [0.29, 0.717) is 23.3 Å². The van der Waals surface area contributed by atoms with Gasteiger partial charge in [-0.1, -0.05) is 53.4 Å². The molecule has 23 heavy (non-hydrogen) atoms. The zero-order valence-electron chi connectivity index (χ0n) is 15.2. The molecule has 3 heteroatoms. The molecule has 1 rings (SSSR count). The molecule has 0 bridgehead atoms. The summed E-state index contributed by atoms with van der Waals surface area (Å²) in [5.41, 5.74) is 0.598. The van der Waals surface area contributed by atoms with E-state index in [1.165, 1.54) is 19.3 Å². The van der Waals surface area contributed by atoms with Crippen LogP contribution in [0.5, 0.6) is 5.75 Å². The van der Waals surface area contributed by atoms with Crippen LogP contribution >= 0.6 is 0 Å². The van der Waals surface area contributed by atoms with Crippen molar-refractivity contribution >= 4 is 11.6 Å². The Morgan fingerprint density at radius 1 is 1.04 bits per heavy atom. The first-order valence-electron chi connectivity index (χ1n) is 8.57. The molecule has 0 amide bonds. The predicted molar refractivity (Wildman–Crippen MR) is 94.5 cm³/mol. The monoisotopic (exact) mass is 318 g/mol. The van der Waals surface area contributed by atoms with Gasteiger partial charge in [0.1, 0.15) is 5.75 Å². The van der Waals surface area contributed by atoms with Gasteiger partial charge in [0.15, 0.2) is 11.6 Å².